The maximum atomic E-state index is 14.5. The molecule has 11 nitrogen and oxygen atoms in total. The van der Waals surface area contributed by atoms with Crippen LogP contribution >= 0.6 is 0 Å². The third-order valence-corrected chi connectivity index (χ3v) is 5.45. The molecule has 3 rings (SSSR count). The second kappa shape index (κ2) is 11.2. The molecule has 37 heavy (non-hydrogen) atoms. The molecule has 0 bridgehead atoms. The lowest BCUT2D eigenvalue weighted by molar-refractivity contribution is -0.275. The van der Waals surface area contributed by atoms with Crippen molar-refractivity contribution >= 4 is 34.8 Å². The highest BCUT2D eigenvalue weighted by molar-refractivity contribution is 6.44. The molecule has 2 atom stereocenters. The fourth-order valence-electron chi connectivity index (χ4n) is 3.78. The highest BCUT2D eigenvalue weighted by Gasteiger charge is 2.42. The third kappa shape index (κ3) is 6.49. The van der Waals surface area contributed by atoms with Gasteiger partial charge in [-0.25, -0.2) is 4.39 Å². The third-order valence-electron chi connectivity index (χ3n) is 5.45. The largest absolute Gasteiger partial charge is 0.573 e. The Labute approximate surface area is 207 Å². The fourth-order valence-corrected chi connectivity index (χ4v) is 3.78. The number of alkyl halides is 3. The van der Waals surface area contributed by atoms with E-state index in [1.807, 2.05) is 0 Å². The van der Waals surface area contributed by atoms with E-state index >= 15 is 0 Å². The zero-order valence-electron chi connectivity index (χ0n) is 19.3. The van der Waals surface area contributed by atoms with E-state index in [2.05, 4.69) is 20.4 Å². The Bertz CT molecular complexity index is 1210. The van der Waals surface area contributed by atoms with Crippen LogP contribution < -0.4 is 21.1 Å². The number of aromatic nitrogens is 1. The topological polar surface area (TPSA) is 160 Å². The summed E-state index contributed by atoms with van der Waals surface area (Å²) < 4.78 is 61.0. The number of methoxy groups -OCH3 is 1. The summed E-state index contributed by atoms with van der Waals surface area (Å²) in [6.07, 6.45) is -3.05. The average molecular weight is 526 g/mol. The molecule has 1 aromatic heterocycles. The molecule has 0 aliphatic carbocycles. The molecule has 0 radical (unpaired) electrons. The molecule has 3 amide bonds. The number of anilines is 2. The van der Waals surface area contributed by atoms with Crippen molar-refractivity contribution in [3.05, 3.63) is 48.0 Å². The van der Waals surface area contributed by atoms with E-state index in [-0.39, 0.29) is 30.8 Å². The number of pyridine rings is 1. The molecule has 15 heteroatoms. The first-order chi connectivity index (χ1) is 17.4. The number of nitrogens with zero attached hydrogens (tertiary/aromatic N) is 2. The Kier molecular flexibility index (Phi) is 8.27. The van der Waals surface area contributed by atoms with Crippen molar-refractivity contribution < 1.29 is 41.4 Å². The van der Waals surface area contributed by atoms with Crippen molar-refractivity contribution in [1.29, 1.82) is 5.41 Å². The molecule has 198 valence electrons. The molecule has 1 aliphatic heterocycles. The summed E-state index contributed by atoms with van der Waals surface area (Å²) >= 11 is 0. The highest BCUT2D eigenvalue weighted by atomic mass is 19.4. The van der Waals surface area contributed by atoms with Gasteiger partial charge in [0.15, 0.2) is 11.6 Å². The van der Waals surface area contributed by atoms with Crippen LogP contribution in [-0.4, -0.2) is 72.0 Å². The first kappa shape index (κ1) is 27.3. The minimum absolute atomic E-state index is 0.0911. The zero-order valence-corrected chi connectivity index (χ0v) is 19.3. The van der Waals surface area contributed by atoms with Crippen LogP contribution in [0.3, 0.4) is 0 Å². The van der Waals surface area contributed by atoms with Crippen LogP contribution in [0.2, 0.25) is 0 Å². The van der Waals surface area contributed by atoms with E-state index in [9.17, 15) is 31.9 Å². The number of nitrogens with one attached hydrogen (secondary N) is 3. The van der Waals surface area contributed by atoms with Crippen LogP contribution in [0.25, 0.3) is 0 Å². The van der Waals surface area contributed by atoms with Crippen LogP contribution in [0.5, 0.6) is 5.75 Å². The Morgan fingerprint density at radius 2 is 1.97 bits per heavy atom. The van der Waals surface area contributed by atoms with Gasteiger partial charge in [0.2, 0.25) is 11.8 Å². The molecule has 2 aromatic rings. The normalized spacial score (nSPS) is 17.3. The van der Waals surface area contributed by atoms with Gasteiger partial charge in [0.05, 0.1) is 30.2 Å². The van der Waals surface area contributed by atoms with E-state index < -0.39 is 59.2 Å². The molecule has 1 saturated heterocycles. The number of halogens is 4. The van der Waals surface area contributed by atoms with Crippen molar-refractivity contribution in [2.24, 2.45) is 5.73 Å². The minimum atomic E-state index is -5.14. The van der Waals surface area contributed by atoms with Gasteiger partial charge in [0.1, 0.15) is 11.8 Å². The summed E-state index contributed by atoms with van der Waals surface area (Å²) in [6.45, 7) is -0.290. The van der Waals surface area contributed by atoms with Gasteiger partial charge in [-0.3, -0.25) is 24.8 Å². The molecule has 1 aromatic carbocycles. The van der Waals surface area contributed by atoms with Crippen molar-refractivity contribution in [1.82, 2.24) is 9.88 Å². The summed E-state index contributed by atoms with van der Waals surface area (Å²) in [5.74, 6) is -5.04. The summed E-state index contributed by atoms with van der Waals surface area (Å²) in [7, 11) is 1.31. The molecule has 1 aliphatic rings. The number of carbonyl (C=O) groups excluding carboxylic acids is 3. The first-order valence-electron chi connectivity index (χ1n) is 10.7. The quantitative estimate of drug-likeness (QED) is 0.285. The summed E-state index contributed by atoms with van der Waals surface area (Å²) in [5, 5.41) is 12.7. The van der Waals surface area contributed by atoms with Crippen LogP contribution in [-0.2, 0) is 19.1 Å². The average Bonchev–Trinajstić information content (AvgIpc) is 3.28. The Morgan fingerprint density at radius 3 is 2.62 bits per heavy atom. The molecule has 2 heterocycles. The number of carbonyl (C=O) groups is 3. The van der Waals surface area contributed by atoms with Gasteiger partial charge >= 0.3 is 6.36 Å². The number of ether oxygens (including phenoxy) is 2. The smallest absolute Gasteiger partial charge is 0.403 e. The predicted octanol–water partition coefficient (Wildman–Crippen LogP) is 1.64. The molecule has 1 fully saturated rings. The number of benzene rings is 1. The SMILES string of the molecule is COC1CCN(C(=O)CNc2cnccc2C(=N)C(N)=O)C1C(=O)Nc1cccc(OC(F)(F)F)c1F. The summed E-state index contributed by atoms with van der Waals surface area (Å²) in [4.78, 5) is 42.4. The maximum absolute atomic E-state index is 14.5. The molecule has 0 saturated carbocycles. The first-order valence-corrected chi connectivity index (χ1v) is 10.7. The minimum Gasteiger partial charge on any atom is -0.403 e. The van der Waals surface area contributed by atoms with Crippen LogP contribution in [0, 0.1) is 11.2 Å². The van der Waals surface area contributed by atoms with Gasteiger partial charge in [-0.2, -0.15) is 0 Å². The highest BCUT2D eigenvalue weighted by Crippen LogP contribution is 2.30. The van der Waals surface area contributed by atoms with Crippen molar-refractivity contribution in [2.45, 2.75) is 24.9 Å². The van der Waals surface area contributed by atoms with Crippen LogP contribution in [0.1, 0.15) is 12.0 Å². The molecule has 0 spiro atoms. The van der Waals surface area contributed by atoms with Crippen LogP contribution in [0.15, 0.2) is 36.7 Å². The number of amides is 3. The van der Waals surface area contributed by atoms with Gasteiger partial charge in [0.25, 0.3) is 5.91 Å². The molecule has 2 unspecified atom stereocenters. The molecule has 5 N–H and O–H groups in total. The van der Waals surface area contributed by atoms with E-state index in [1.54, 1.807) is 0 Å². The van der Waals surface area contributed by atoms with Gasteiger partial charge < -0.3 is 30.7 Å². The number of likely N-dealkylation sites (tertiary alicyclic amines) is 1. The van der Waals surface area contributed by atoms with Crippen molar-refractivity contribution in [3.63, 3.8) is 0 Å². The Hall–Kier alpha value is -4.27. The number of primary amides is 1. The summed E-state index contributed by atoms with van der Waals surface area (Å²) in [5.41, 5.74) is 4.35. The fraction of sp³-hybridized carbons (Fsp3) is 0.318. The zero-order chi connectivity index (χ0) is 27.3. The van der Waals surface area contributed by atoms with Gasteiger partial charge in [-0.1, -0.05) is 6.07 Å². The second-order valence-electron chi connectivity index (χ2n) is 7.76. The standard InChI is InChI=1S/C22H22F4N6O5/c1-36-15-6-8-32(16(33)10-30-13-9-29-7-5-11(13)18(27)20(28)34)19(15)21(35)31-12-3-2-4-14(17(12)23)37-22(24,25)26/h2-5,7,9,15,19,27,30H,6,8,10H2,1H3,(H2,28,34)(H,31,35). The lowest BCUT2D eigenvalue weighted by atomic mass is 10.1. The van der Waals surface area contributed by atoms with Gasteiger partial charge in [0, 0.05) is 25.4 Å². The van der Waals surface area contributed by atoms with Crippen molar-refractivity contribution in [2.75, 3.05) is 30.8 Å². The lowest BCUT2D eigenvalue weighted by Crippen LogP contribution is -2.49. The number of hydrogen-bond acceptors (Lipinski definition) is 8. The number of nitrogens with two attached hydrogens (primary N) is 1. The molecular formula is C22H22F4N6O5. The van der Waals surface area contributed by atoms with Crippen LogP contribution in [0.4, 0.5) is 28.9 Å². The van der Waals surface area contributed by atoms with E-state index in [1.165, 1.54) is 30.5 Å². The van der Waals surface area contributed by atoms with Gasteiger partial charge in [-0.15, -0.1) is 13.2 Å². The lowest BCUT2D eigenvalue weighted by Gasteiger charge is -2.27. The number of rotatable bonds is 9. The molecular weight excluding hydrogens is 504 g/mol. The van der Waals surface area contributed by atoms with Gasteiger partial charge in [-0.05, 0) is 24.6 Å². The second-order valence-corrected chi connectivity index (χ2v) is 7.76. The monoisotopic (exact) mass is 526 g/mol. The predicted molar refractivity (Wildman–Crippen MR) is 121 cm³/mol. The van der Waals surface area contributed by atoms with E-state index in [4.69, 9.17) is 15.9 Å². The van der Waals surface area contributed by atoms with E-state index in [0.29, 0.717) is 0 Å². The Balaban J connectivity index is 1.75. The number of hydrogen-bond donors (Lipinski definition) is 4. The maximum Gasteiger partial charge on any atom is 0.573 e. The summed E-state index contributed by atoms with van der Waals surface area (Å²) in [6, 6.07) is 2.97. The Morgan fingerprint density at radius 1 is 1.24 bits per heavy atom. The van der Waals surface area contributed by atoms with Crippen molar-refractivity contribution in [3.8, 4) is 5.75 Å². The van der Waals surface area contributed by atoms with E-state index in [0.717, 1.165) is 18.2 Å².